The van der Waals surface area contributed by atoms with Gasteiger partial charge in [-0.25, -0.2) is 8.42 Å². The number of rotatable bonds is 4. The topological polar surface area (TPSA) is 46.6 Å². The van der Waals surface area contributed by atoms with E-state index in [1.165, 1.54) is 0 Å². The van der Waals surface area contributed by atoms with E-state index >= 15 is 0 Å². The molecule has 1 atom stereocenters. The molecule has 0 amide bonds. The Morgan fingerprint density at radius 1 is 1.47 bits per heavy atom. The van der Waals surface area contributed by atoms with Crippen molar-refractivity contribution < 1.29 is 13.2 Å². The summed E-state index contributed by atoms with van der Waals surface area (Å²) < 4.78 is 32.6. The molecule has 1 aromatic rings. The van der Waals surface area contributed by atoms with Crippen molar-refractivity contribution in [3.8, 4) is 0 Å². The van der Waals surface area contributed by atoms with Crippen molar-refractivity contribution in [3.05, 3.63) is 28.2 Å². The van der Waals surface area contributed by atoms with Crippen LogP contribution in [0.1, 0.15) is 12.0 Å². The van der Waals surface area contributed by atoms with Crippen molar-refractivity contribution in [3.63, 3.8) is 0 Å². The Bertz CT molecular complexity index is 559. The number of hydrogen-bond donors (Lipinski definition) is 0. The molecule has 1 aliphatic heterocycles. The van der Waals surface area contributed by atoms with E-state index in [4.69, 9.17) is 4.74 Å². The predicted molar refractivity (Wildman–Crippen MR) is 77.6 cm³/mol. The zero-order chi connectivity index (χ0) is 14.0. The lowest BCUT2D eigenvalue weighted by atomic mass is 10.1. The highest BCUT2D eigenvalue weighted by Crippen LogP contribution is 2.27. The molecule has 0 aliphatic carbocycles. The van der Waals surface area contributed by atoms with Crippen LogP contribution in [0.2, 0.25) is 0 Å². The Morgan fingerprint density at radius 2 is 2.21 bits per heavy atom. The Morgan fingerprint density at radius 3 is 2.84 bits per heavy atom. The van der Waals surface area contributed by atoms with Crippen molar-refractivity contribution in [2.24, 2.45) is 5.92 Å². The average Bonchev–Trinajstić information content (AvgIpc) is 2.82. The number of hydrogen-bond acceptors (Lipinski definition) is 3. The fourth-order valence-electron chi connectivity index (χ4n) is 2.31. The van der Waals surface area contributed by atoms with E-state index in [9.17, 15) is 8.42 Å². The minimum absolute atomic E-state index is 0.302. The van der Waals surface area contributed by atoms with Gasteiger partial charge in [0.15, 0.2) is 0 Å². The van der Waals surface area contributed by atoms with Crippen LogP contribution in [0, 0.1) is 12.8 Å². The van der Waals surface area contributed by atoms with Crippen LogP contribution in [-0.4, -0.2) is 39.5 Å². The molecule has 1 unspecified atom stereocenters. The van der Waals surface area contributed by atoms with Gasteiger partial charge in [-0.1, -0.05) is 15.9 Å². The third-order valence-electron chi connectivity index (χ3n) is 3.42. The van der Waals surface area contributed by atoms with Crippen LogP contribution in [-0.2, 0) is 14.8 Å². The maximum absolute atomic E-state index is 12.5. The summed E-state index contributed by atoms with van der Waals surface area (Å²) in [7, 11) is -1.72. The van der Waals surface area contributed by atoms with E-state index in [1.807, 2.05) is 6.92 Å². The molecular weight excluding hydrogens is 330 g/mol. The summed E-state index contributed by atoms with van der Waals surface area (Å²) in [5.41, 5.74) is 0.925. The summed E-state index contributed by atoms with van der Waals surface area (Å²) in [6.45, 7) is 3.63. The molecule has 0 aromatic heterocycles. The number of sulfonamides is 1. The first-order chi connectivity index (χ1) is 8.95. The molecule has 6 heteroatoms. The van der Waals surface area contributed by atoms with Gasteiger partial charge in [0.25, 0.3) is 0 Å². The summed E-state index contributed by atoms with van der Waals surface area (Å²) in [6.07, 6.45) is 0.864. The smallest absolute Gasteiger partial charge is 0.243 e. The molecule has 1 fully saturated rings. The lowest BCUT2D eigenvalue weighted by molar-refractivity contribution is 0.157. The molecule has 0 spiro atoms. The highest BCUT2D eigenvalue weighted by molar-refractivity contribution is 9.10. The Balaban J connectivity index is 2.21. The number of nitrogens with zero attached hydrogens (tertiary/aromatic N) is 1. The van der Waals surface area contributed by atoms with E-state index in [0.29, 0.717) is 30.5 Å². The van der Waals surface area contributed by atoms with Gasteiger partial charge in [-0.3, -0.25) is 0 Å². The van der Waals surface area contributed by atoms with Gasteiger partial charge < -0.3 is 4.74 Å². The first-order valence-corrected chi connectivity index (χ1v) is 8.43. The molecule has 4 nitrogen and oxygen atoms in total. The number of ether oxygens (including phenoxy) is 1. The second kappa shape index (κ2) is 5.91. The number of methoxy groups -OCH3 is 1. The van der Waals surface area contributed by atoms with Gasteiger partial charge in [0.05, 0.1) is 11.5 Å². The molecule has 1 heterocycles. The van der Waals surface area contributed by atoms with Gasteiger partial charge in [-0.05, 0) is 43.0 Å². The lowest BCUT2D eigenvalue weighted by Crippen LogP contribution is -2.29. The molecule has 0 radical (unpaired) electrons. The quantitative estimate of drug-likeness (QED) is 0.840. The zero-order valence-corrected chi connectivity index (χ0v) is 13.5. The molecular formula is C13H18BrNO3S. The first-order valence-electron chi connectivity index (χ1n) is 6.20. The second-order valence-electron chi connectivity index (χ2n) is 4.88. The molecule has 1 saturated heterocycles. The van der Waals surface area contributed by atoms with Crippen LogP contribution in [0.15, 0.2) is 27.6 Å². The van der Waals surface area contributed by atoms with Crippen molar-refractivity contribution in [1.29, 1.82) is 0 Å². The normalized spacial score (nSPS) is 20.9. The van der Waals surface area contributed by atoms with E-state index in [2.05, 4.69) is 15.9 Å². The summed E-state index contributed by atoms with van der Waals surface area (Å²) in [5.74, 6) is 0.302. The van der Waals surface area contributed by atoms with Crippen molar-refractivity contribution in [1.82, 2.24) is 4.31 Å². The molecule has 0 N–H and O–H groups in total. The summed E-state index contributed by atoms with van der Waals surface area (Å²) in [4.78, 5) is 0.367. The third-order valence-corrected chi connectivity index (χ3v) is 6.17. The molecule has 106 valence electrons. The van der Waals surface area contributed by atoms with Crippen LogP contribution < -0.4 is 0 Å². The van der Waals surface area contributed by atoms with Crippen LogP contribution in [0.5, 0.6) is 0 Å². The predicted octanol–water partition coefficient (Wildman–Crippen LogP) is 2.41. The van der Waals surface area contributed by atoms with Crippen molar-refractivity contribution in [2.75, 3.05) is 26.8 Å². The Labute approximate surface area is 122 Å². The second-order valence-corrected chi connectivity index (χ2v) is 7.68. The summed E-state index contributed by atoms with van der Waals surface area (Å²) in [6, 6.07) is 5.14. The van der Waals surface area contributed by atoms with E-state index in [-0.39, 0.29) is 0 Å². The van der Waals surface area contributed by atoms with E-state index in [1.54, 1.807) is 29.6 Å². The first kappa shape index (κ1) is 15.0. The fraction of sp³-hybridized carbons (Fsp3) is 0.538. The number of aryl methyl sites for hydroxylation is 1. The average molecular weight is 348 g/mol. The van der Waals surface area contributed by atoms with Gasteiger partial charge in [0.2, 0.25) is 10.0 Å². The maximum Gasteiger partial charge on any atom is 0.243 e. The summed E-state index contributed by atoms with van der Waals surface area (Å²) in [5, 5.41) is 0. The zero-order valence-electron chi connectivity index (χ0n) is 11.1. The van der Waals surface area contributed by atoms with Crippen LogP contribution in [0.3, 0.4) is 0 Å². The monoisotopic (exact) mass is 347 g/mol. The molecule has 0 saturated carbocycles. The SMILES string of the molecule is COCC1CCN(S(=O)(=O)c2ccc(Br)c(C)c2)C1. The largest absolute Gasteiger partial charge is 0.384 e. The summed E-state index contributed by atoms with van der Waals surface area (Å²) >= 11 is 3.38. The number of halogens is 1. The van der Waals surface area contributed by atoms with Crippen LogP contribution in [0.4, 0.5) is 0 Å². The maximum atomic E-state index is 12.5. The van der Waals surface area contributed by atoms with Crippen molar-refractivity contribution >= 4 is 26.0 Å². The highest BCUT2D eigenvalue weighted by Gasteiger charge is 2.32. The minimum atomic E-state index is -3.37. The van der Waals surface area contributed by atoms with Gasteiger partial charge in [0.1, 0.15) is 0 Å². The minimum Gasteiger partial charge on any atom is -0.384 e. The van der Waals surface area contributed by atoms with Gasteiger partial charge >= 0.3 is 0 Å². The van der Waals surface area contributed by atoms with Crippen molar-refractivity contribution in [2.45, 2.75) is 18.2 Å². The molecule has 1 aromatic carbocycles. The molecule has 0 bridgehead atoms. The van der Waals surface area contributed by atoms with Crippen LogP contribution >= 0.6 is 15.9 Å². The molecule has 2 rings (SSSR count). The molecule has 19 heavy (non-hydrogen) atoms. The van der Waals surface area contributed by atoms with Gasteiger partial charge in [0, 0.05) is 24.7 Å². The van der Waals surface area contributed by atoms with E-state index < -0.39 is 10.0 Å². The van der Waals surface area contributed by atoms with Gasteiger partial charge in [-0.15, -0.1) is 0 Å². The third kappa shape index (κ3) is 3.18. The standard InChI is InChI=1S/C13H18BrNO3S/c1-10-7-12(3-4-13(10)14)19(16,17)15-6-5-11(8-15)9-18-2/h3-4,7,11H,5-6,8-9H2,1-2H3. The Kier molecular flexibility index (Phi) is 4.66. The number of benzene rings is 1. The lowest BCUT2D eigenvalue weighted by Gasteiger charge is -2.17. The highest BCUT2D eigenvalue weighted by atomic mass is 79.9. The van der Waals surface area contributed by atoms with Crippen LogP contribution in [0.25, 0.3) is 0 Å². The Hall–Kier alpha value is -0.430. The fourth-order valence-corrected chi connectivity index (χ4v) is 4.18. The molecule has 1 aliphatic rings. The van der Waals surface area contributed by atoms with E-state index in [0.717, 1.165) is 16.5 Å². The van der Waals surface area contributed by atoms with Gasteiger partial charge in [-0.2, -0.15) is 4.31 Å².